The predicted molar refractivity (Wildman–Crippen MR) is 210 cm³/mol. The van der Waals surface area contributed by atoms with E-state index in [2.05, 4.69) is 26.0 Å². The number of hydrogen-bond donors (Lipinski definition) is 0. The minimum absolute atomic E-state index is 0.166. The maximum Gasteiger partial charge on any atom is 0.145 e. The van der Waals surface area contributed by atoms with E-state index in [0.29, 0.717) is 28.2 Å². The molecule has 0 bridgehead atoms. The van der Waals surface area contributed by atoms with E-state index >= 15 is 0 Å². The maximum atomic E-state index is 9.59. The Morgan fingerprint density at radius 1 is 0.520 bits per heavy atom. The monoisotopic (exact) mass is 646 g/mol. The van der Waals surface area contributed by atoms with Crippen LogP contribution in [-0.4, -0.2) is 9.55 Å². The second-order valence-electron chi connectivity index (χ2n) is 13.3. The molecule has 2 heteroatoms. The van der Waals surface area contributed by atoms with Crippen LogP contribution in [0.3, 0.4) is 0 Å². The molecule has 0 aliphatic heterocycles. The SMILES string of the molecule is [2H]c1c([2H])c([2H])c2c(-c3ccccc3-n3c(-c4ccccc4)nc4ccccc43)c3c([2H])c([2H])c([2H])c([2H])c3c(-c3ccc4c(c3)C(C)(C)c3ccccc3-4)c2c1[2H]. The molecule has 0 radical (unpaired) electrons. The molecular weight excluding hydrogens is 605 g/mol. The van der Waals surface area contributed by atoms with Crippen molar-refractivity contribution in [1.29, 1.82) is 0 Å². The highest BCUT2D eigenvalue weighted by Gasteiger charge is 2.35. The quantitative estimate of drug-likeness (QED) is 0.174. The van der Waals surface area contributed by atoms with Gasteiger partial charge in [-0.2, -0.15) is 0 Å². The van der Waals surface area contributed by atoms with Crippen molar-refractivity contribution < 1.29 is 11.0 Å². The number of hydrogen-bond acceptors (Lipinski definition) is 1. The molecule has 1 aliphatic rings. The number of rotatable bonds is 4. The number of nitrogens with zero attached hydrogens (tertiary/aromatic N) is 2. The molecule has 1 heterocycles. The summed E-state index contributed by atoms with van der Waals surface area (Å²) in [7, 11) is 0. The molecule has 9 aromatic rings. The zero-order valence-corrected chi connectivity index (χ0v) is 27.4. The highest BCUT2D eigenvalue weighted by molar-refractivity contribution is 6.22. The molecule has 0 fully saturated rings. The van der Waals surface area contributed by atoms with Crippen LogP contribution >= 0.6 is 0 Å². The third-order valence-corrected chi connectivity index (χ3v) is 10.3. The Bertz CT molecular complexity index is 3160. The third-order valence-electron chi connectivity index (χ3n) is 10.3. The minimum Gasteiger partial charge on any atom is -0.292 e. The molecule has 2 nitrogen and oxygen atoms in total. The molecule has 1 aliphatic carbocycles. The van der Waals surface area contributed by atoms with Crippen molar-refractivity contribution in [2.45, 2.75) is 19.3 Å². The summed E-state index contributed by atoms with van der Waals surface area (Å²) >= 11 is 0. The Morgan fingerprint density at radius 3 is 1.84 bits per heavy atom. The standard InChI is InChI=1S/C48H34N2/c1-48(2)40-24-12-10-18-33(40)34-29-28-32(30-41(34)48)45-35-19-6-8-21-37(35)46(38-22-9-7-20-36(38)45)39-23-11-14-26-43(39)50-44-27-15-13-25-42(44)49-47(50)31-16-4-3-5-17-31/h3-30H,1-2H3/i6D,7D,8D,9D,19D,20D,21D,22D. The van der Waals surface area contributed by atoms with Gasteiger partial charge in [-0.15, -0.1) is 0 Å². The minimum atomic E-state index is -0.439. The van der Waals surface area contributed by atoms with Crippen LogP contribution in [-0.2, 0) is 5.41 Å². The summed E-state index contributed by atoms with van der Waals surface area (Å²) in [4.78, 5) is 5.06. The van der Waals surface area contributed by atoms with Gasteiger partial charge in [0.05, 0.1) is 27.7 Å². The van der Waals surface area contributed by atoms with Crippen molar-refractivity contribution in [3.8, 4) is 50.5 Å². The lowest BCUT2D eigenvalue weighted by molar-refractivity contribution is 0.660. The largest absolute Gasteiger partial charge is 0.292 e. The summed E-state index contributed by atoms with van der Waals surface area (Å²) in [6.07, 6.45) is 0. The molecule has 50 heavy (non-hydrogen) atoms. The van der Waals surface area contributed by atoms with Gasteiger partial charge in [-0.25, -0.2) is 4.98 Å². The zero-order valence-electron chi connectivity index (χ0n) is 35.4. The smallest absolute Gasteiger partial charge is 0.145 e. The van der Waals surface area contributed by atoms with Crippen molar-refractivity contribution >= 4 is 32.6 Å². The number of aromatic nitrogens is 2. The van der Waals surface area contributed by atoms with E-state index in [1.54, 1.807) is 0 Å². The lowest BCUT2D eigenvalue weighted by Crippen LogP contribution is -2.14. The van der Waals surface area contributed by atoms with Gasteiger partial charge in [0, 0.05) is 16.5 Å². The van der Waals surface area contributed by atoms with Crippen LogP contribution in [0.5, 0.6) is 0 Å². The Kier molecular flexibility index (Phi) is 4.72. The van der Waals surface area contributed by atoms with Crippen LogP contribution < -0.4 is 0 Å². The molecular formula is C48H34N2. The van der Waals surface area contributed by atoms with Crippen LogP contribution in [0, 0.1) is 0 Å². The van der Waals surface area contributed by atoms with Gasteiger partial charge >= 0.3 is 0 Å². The van der Waals surface area contributed by atoms with E-state index < -0.39 is 29.6 Å². The highest BCUT2D eigenvalue weighted by Crippen LogP contribution is 2.51. The lowest BCUT2D eigenvalue weighted by atomic mass is 9.80. The van der Waals surface area contributed by atoms with Crippen LogP contribution in [0.1, 0.15) is 35.9 Å². The second-order valence-corrected chi connectivity index (χ2v) is 13.3. The fourth-order valence-electron chi connectivity index (χ4n) is 7.97. The normalized spacial score (nSPS) is 15.4. The van der Waals surface area contributed by atoms with Gasteiger partial charge in [-0.3, -0.25) is 4.57 Å². The Hall–Kier alpha value is -6.25. The molecule has 0 unspecified atom stereocenters. The fourth-order valence-corrected chi connectivity index (χ4v) is 7.97. The van der Waals surface area contributed by atoms with Crippen molar-refractivity contribution in [2.75, 3.05) is 0 Å². The Balaban J connectivity index is 1.41. The number of benzene rings is 8. The number of fused-ring (bicyclic) bond motifs is 6. The van der Waals surface area contributed by atoms with Crippen molar-refractivity contribution in [1.82, 2.24) is 9.55 Å². The van der Waals surface area contributed by atoms with Gasteiger partial charge in [0.1, 0.15) is 5.82 Å². The van der Waals surface area contributed by atoms with Crippen molar-refractivity contribution in [2.24, 2.45) is 0 Å². The summed E-state index contributed by atoms with van der Waals surface area (Å²) in [5, 5.41) is 0.695. The van der Waals surface area contributed by atoms with Crippen molar-refractivity contribution in [3.63, 3.8) is 0 Å². The predicted octanol–water partition coefficient (Wildman–Crippen LogP) is 12.6. The molecule has 236 valence electrons. The van der Waals surface area contributed by atoms with Gasteiger partial charge in [0.15, 0.2) is 0 Å². The first kappa shape index (κ1) is 21.7. The molecule has 0 saturated heterocycles. The van der Waals surface area contributed by atoms with Crippen LogP contribution in [0.25, 0.3) is 83.0 Å². The molecule has 10 rings (SSSR count). The molecule has 0 N–H and O–H groups in total. The van der Waals surface area contributed by atoms with Crippen LogP contribution in [0.15, 0.2) is 170 Å². The average Bonchev–Trinajstić information content (AvgIpc) is 3.75. The van der Waals surface area contributed by atoms with E-state index in [0.717, 1.165) is 38.9 Å². The maximum absolute atomic E-state index is 9.59. The second kappa shape index (κ2) is 10.9. The molecule has 0 amide bonds. The molecule has 0 atom stereocenters. The fraction of sp³-hybridized carbons (Fsp3) is 0.0625. The number of para-hydroxylation sites is 3. The van der Waals surface area contributed by atoms with E-state index in [4.69, 9.17) is 10.5 Å². The molecule has 1 aromatic heterocycles. The lowest BCUT2D eigenvalue weighted by Gasteiger charge is -2.23. The summed E-state index contributed by atoms with van der Waals surface area (Å²) in [6.45, 7) is 4.30. The summed E-state index contributed by atoms with van der Waals surface area (Å²) < 4.78 is 76.2. The third kappa shape index (κ3) is 4.12. The molecule has 0 saturated carbocycles. The number of imidazole rings is 1. The first-order valence-corrected chi connectivity index (χ1v) is 16.7. The van der Waals surface area contributed by atoms with Gasteiger partial charge in [0.25, 0.3) is 0 Å². The first-order chi connectivity index (χ1) is 27.9. The van der Waals surface area contributed by atoms with Gasteiger partial charge in [0.2, 0.25) is 0 Å². The average molecular weight is 647 g/mol. The summed E-state index contributed by atoms with van der Waals surface area (Å²) in [5.74, 6) is 0.644. The van der Waals surface area contributed by atoms with E-state index in [-0.39, 0.29) is 51.3 Å². The van der Waals surface area contributed by atoms with E-state index in [9.17, 15) is 5.48 Å². The first-order valence-electron chi connectivity index (χ1n) is 20.7. The highest BCUT2D eigenvalue weighted by atomic mass is 15.1. The van der Waals surface area contributed by atoms with Crippen molar-refractivity contribution in [3.05, 3.63) is 181 Å². The van der Waals surface area contributed by atoms with E-state index in [1.807, 2.05) is 114 Å². The zero-order chi connectivity index (χ0) is 40.4. The van der Waals surface area contributed by atoms with Crippen LogP contribution in [0.4, 0.5) is 0 Å². The Labute approximate surface area is 303 Å². The van der Waals surface area contributed by atoms with Gasteiger partial charge in [-0.05, 0) is 84.8 Å². The summed E-state index contributed by atoms with van der Waals surface area (Å²) in [6, 6.07) is 36.3. The van der Waals surface area contributed by atoms with Gasteiger partial charge < -0.3 is 0 Å². The van der Waals surface area contributed by atoms with Gasteiger partial charge in [-0.1, -0.05) is 159 Å². The topological polar surface area (TPSA) is 17.8 Å². The Morgan fingerprint density at radius 2 is 1.10 bits per heavy atom. The summed E-state index contributed by atoms with van der Waals surface area (Å²) in [5.41, 5.74) is 8.68. The molecule has 0 spiro atoms. The van der Waals surface area contributed by atoms with Crippen LogP contribution in [0.2, 0.25) is 0 Å². The molecule has 8 aromatic carbocycles. The van der Waals surface area contributed by atoms with E-state index in [1.165, 1.54) is 0 Å².